The van der Waals surface area contributed by atoms with Gasteiger partial charge in [-0.25, -0.2) is 0 Å². The Morgan fingerprint density at radius 2 is 1.86 bits per heavy atom. The summed E-state index contributed by atoms with van der Waals surface area (Å²) >= 11 is 1.30. The molecular formula is C27H31N3O4S. The molecule has 0 bridgehead atoms. The number of furan rings is 1. The Balaban J connectivity index is 1.65. The van der Waals surface area contributed by atoms with Crippen LogP contribution in [-0.2, 0) is 9.59 Å². The molecule has 184 valence electrons. The second kappa shape index (κ2) is 11.4. The first kappa shape index (κ1) is 24.7. The fraction of sp³-hybridized carbons (Fsp3) is 0.370. The van der Waals surface area contributed by atoms with Gasteiger partial charge in [0, 0.05) is 11.7 Å². The normalized spacial score (nSPS) is 14.8. The lowest BCUT2D eigenvalue weighted by molar-refractivity contribution is -0.127. The lowest BCUT2D eigenvalue weighted by atomic mass is 9.95. The van der Waals surface area contributed by atoms with E-state index in [9.17, 15) is 14.4 Å². The second-order valence-electron chi connectivity index (χ2n) is 8.96. The summed E-state index contributed by atoms with van der Waals surface area (Å²) in [7, 11) is 0. The summed E-state index contributed by atoms with van der Waals surface area (Å²) in [5, 5.41) is 7.66. The predicted molar refractivity (Wildman–Crippen MR) is 137 cm³/mol. The van der Waals surface area contributed by atoms with Crippen molar-refractivity contribution in [1.29, 1.82) is 0 Å². The number of nitrogens with zero attached hydrogens (tertiary/aromatic N) is 1. The van der Waals surface area contributed by atoms with Crippen molar-refractivity contribution in [3.8, 4) is 0 Å². The second-order valence-corrected chi connectivity index (χ2v) is 9.90. The molecule has 35 heavy (non-hydrogen) atoms. The lowest BCUT2D eigenvalue weighted by Crippen LogP contribution is -2.49. The van der Waals surface area contributed by atoms with Gasteiger partial charge in [0.25, 0.3) is 11.8 Å². The molecule has 0 unspecified atom stereocenters. The Bertz CT molecular complexity index is 1160. The molecule has 0 radical (unpaired) electrons. The van der Waals surface area contributed by atoms with Crippen molar-refractivity contribution < 1.29 is 18.8 Å². The van der Waals surface area contributed by atoms with Gasteiger partial charge in [0.2, 0.25) is 5.91 Å². The molecule has 2 N–H and O–H groups in total. The van der Waals surface area contributed by atoms with Crippen molar-refractivity contribution in [3.63, 3.8) is 0 Å². The quantitative estimate of drug-likeness (QED) is 0.466. The highest BCUT2D eigenvalue weighted by atomic mass is 32.1. The Labute approximate surface area is 209 Å². The Kier molecular flexibility index (Phi) is 8.02. The van der Waals surface area contributed by atoms with E-state index in [0.717, 1.165) is 31.2 Å². The average Bonchev–Trinajstić information content (AvgIpc) is 3.53. The van der Waals surface area contributed by atoms with Gasteiger partial charge in [-0.15, -0.1) is 11.3 Å². The van der Waals surface area contributed by atoms with Crippen molar-refractivity contribution in [2.24, 2.45) is 0 Å². The van der Waals surface area contributed by atoms with Crippen LogP contribution in [0.3, 0.4) is 0 Å². The molecule has 1 atom stereocenters. The van der Waals surface area contributed by atoms with Gasteiger partial charge in [-0.3, -0.25) is 19.3 Å². The summed E-state index contributed by atoms with van der Waals surface area (Å²) in [5.74, 6) is 0.0204. The summed E-state index contributed by atoms with van der Waals surface area (Å²) in [4.78, 5) is 41.8. The van der Waals surface area contributed by atoms with Crippen molar-refractivity contribution in [1.82, 2.24) is 10.6 Å². The molecular weight excluding hydrogens is 462 g/mol. The average molecular weight is 494 g/mol. The smallest absolute Gasteiger partial charge is 0.261 e. The number of amides is 3. The zero-order valence-electron chi connectivity index (χ0n) is 20.1. The van der Waals surface area contributed by atoms with Crippen LogP contribution in [0.2, 0.25) is 0 Å². The third-order valence-electron chi connectivity index (χ3n) is 6.18. The summed E-state index contributed by atoms with van der Waals surface area (Å²) in [6.07, 6.45) is 5.16. The first-order valence-corrected chi connectivity index (χ1v) is 12.9. The molecule has 3 amide bonds. The zero-order chi connectivity index (χ0) is 24.8. The van der Waals surface area contributed by atoms with Gasteiger partial charge in [-0.05, 0) is 68.0 Å². The van der Waals surface area contributed by atoms with E-state index >= 15 is 0 Å². The van der Waals surface area contributed by atoms with Gasteiger partial charge in [0.15, 0.2) is 6.04 Å². The van der Waals surface area contributed by atoms with Crippen LogP contribution in [0.4, 0.5) is 5.69 Å². The molecule has 1 aliphatic rings. The standard InChI is InChI=1S/C27H31N3O4S/c1-18-8-6-11-21(16-18)30(24(31)17-28-26(32)23-12-7-15-35-23)25(22-14-13-19(2)34-22)27(33)29-20-9-4-3-5-10-20/h6-8,11-16,20,25H,3-5,9-10,17H2,1-2H3,(H,28,32)(H,29,33)/t25-/m0/s1. The van der Waals surface area contributed by atoms with E-state index in [0.29, 0.717) is 22.1 Å². The van der Waals surface area contributed by atoms with Crippen LogP contribution in [0.1, 0.15) is 64.9 Å². The van der Waals surface area contributed by atoms with Crippen LogP contribution in [0.25, 0.3) is 0 Å². The van der Waals surface area contributed by atoms with Crippen LogP contribution < -0.4 is 15.5 Å². The fourth-order valence-electron chi connectivity index (χ4n) is 4.45. The molecule has 1 saturated carbocycles. The fourth-order valence-corrected chi connectivity index (χ4v) is 5.09. The summed E-state index contributed by atoms with van der Waals surface area (Å²) in [6.45, 7) is 3.48. The largest absolute Gasteiger partial charge is 0.464 e. The summed E-state index contributed by atoms with van der Waals surface area (Å²) in [6, 6.07) is 13.5. The molecule has 0 aliphatic heterocycles. The third-order valence-corrected chi connectivity index (χ3v) is 7.05. The molecule has 1 aliphatic carbocycles. The predicted octanol–water partition coefficient (Wildman–Crippen LogP) is 4.91. The van der Waals surface area contributed by atoms with Gasteiger partial charge in [0.05, 0.1) is 11.4 Å². The molecule has 8 heteroatoms. The first-order chi connectivity index (χ1) is 16.9. The SMILES string of the molecule is Cc1cccc(N(C(=O)CNC(=O)c2cccs2)[C@H](C(=O)NC2CCCCC2)c2ccc(C)o2)c1. The lowest BCUT2D eigenvalue weighted by Gasteiger charge is -2.32. The minimum Gasteiger partial charge on any atom is -0.464 e. The Hall–Kier alpha value is -3.39. The first-order valence-electron chi connectivity index (χ1n) is 12.0. The van der Waals surface area contributed by atoms with E-state index in [4.69, 9.17) is 4.42 Å². The number of hydrogen-bond donors (Lipinski definition) is 2. The zero-order valence-corrected chi connectivity index (χ0v) is 20.9. The number of hydrogen-bond acceptors (Lipinski definition) is 5. The van der Waals surface area contributed by atoms with Gasteiger partial charge in [0.1, 0.15) is 11.5 Å². The molecule has 2 aromatic heterocycles. The molecule has 2 heterocycles. The maximum atomic E-state index is 13.7. The van der Waals surface area contributed by atoms with E-state index in [1.165, 1.54) is 22.7 Å². The van der Waals surface area contributed by atoms with Crippen LogP contribution in [0, 0.1) is 13.8 Å². The van der Waals surface area contributed by atoms with Crippen molar-refractivity contribution >= 4 is 34.7 Å². The number of benzene rings is 1. The molecule has 1 fully saturated rings. The molecule has 0 saturated heterocycles. The molecule has 7 nitrogen and oxygen atoms in total. The van der Waals surface area contributed by atoms with Crippen LogP contribution in [0.15, 0.2) is 58.3 Å². The highest BCUT2D eigenvalue weighted by Crippen LogP contribution is 2.30. The van der Waals surface area contributed by atoms with Gasteiger partial charge >= 0.3 is 0 Å². The highest BCUT2D eigenvalue weighted by Gasteiger charge is 2.36. The number of thiophene rings is 1. The van der Waals surface area contributed by atoms with E-state index < -0.39 is 11.9 Å². The van der Waals surface area contributed by atoms with Crippen LogP contribution in [0.5, 0.6) is 0 Å². The van der Waals surface area contributed by atoms with Crippen molar-refractivity contribution in [2.75, 3.05) is 11.4 Å². The van der Waals surface area contributed by atoms with E-state index in [1.807, 2.05) is 25.1 Å². The summed E-state index contributed by atoms with van der Waals surface area (Å²) in [5.41, 5.74) is 1.52. The number of aryl methyl sites for hydroxylation is 2. The van der Waals surface area contributed by atoms with Crippen LogP contribution in [-0.4, -0.2) is 30.3 Å². The van der Waals surface area contributed by atoms with Crippen LogP contribution >= 0.6 is 11.3 Å². The number of rotatable bonds is 8. The van der Waals surface area contributed by atoms with E-state index in [1.54, 1.807) is 42.6 Å². The third kappa shape index (κ3) is 6.19. The molecule has 4 rings (SSSR count). The molecule has 0 spiro atoms. The minimum atomic E-state index is -1.00. The number of anilines is 1. The maximum absolute atomic E-state index is 13.7. The maximum Gasteiger partial charge on any atom is 0.261 e. The minimum absolute atomic E-state index is 0.0720. The van der Waals surface area contributed by atoms with Gasteiger partial charge in [-0.2, -0.15) is 0 Å². The summed E-state index contributed by atoms with van der Waals surface area (Å²) < 4.78 is 5.88. The van der Waals surface area contributed by atoms with E-state index in [-0.39, 0.29) is 24.4 Å². The highest BCUT2D eigenvalue weighted by molar-refractivity contribution is 7.12. The molecule has 1 aromatic carbocycles. The number of carbonyl (C=O) groups is 3. The van der Waals surface area contributed by atoms with Crippen molar-refractivity contribution in [3.05, 3.63) is 75.9 Å². The van der Waals surface area contributed by atoms with Crippen molar-refractivity contribution in [2.45, 2.75) is 58.0 Å². The topological polar surface area (TPSA) is 91.7 Å². The van der Waals surface area contributed by atoms with Gasteiger partial charge in [-0.1, -0.05) is 37.5 Å². The number of nitrogens with one attached hydrogen (secondary N) is 2. The number of carbonyl (C=O) groups excluding carboxylic acids is 3. The Morgan fingerprint density at radius 1 is 1.06 bits per heavy atom. The van der Waals surface area contributed by atoms with Gasteiger partial charge < -0.3 is 15.1 Å². The molecule has 3 aromatic rings. The Morgan fingerprint density at radius 3 is 2.51 bits per heavy atom. The monoisotopic (exact) mass is 493 g/mol. The van der Waals surface area contributed by atoms with E-state index in [2.05, 4.69) is 10.6 Å².